The van der Waals surface area contributed by atoms with Crippen molar-refractivity contribution in [1.29, 1.82) is 0 Å². The fourth-order valence-corrected chi connectivity index (χ4v) is 6.00. The van der Waals surface area contributed by atoms with Gasteiger partial charge in [-0.2, -0.15) is 0 Å². The van der Waals surface area contributed by atoms with Crippen molar-refractivity contribution in [2.75, 3.05) is 17.9 Å². The van der Waals surface area contributed by atoms with Gasteiger partial charge in [0.05, 0.1) is 20.6 Å². The highest BCUT2D eigenvalue weighted by Gasteiger charge is 2.34. The van der Waals surface area contributed by atoms with E-state index >= 15 is 0 Å². The summed E-state index contributed by atoms with van der Waals surface area (Å²) in [5.41, 5.74) is 1.52. The highest BCUT2D eigenvalue weighted by Crippen LogP contribution is 2.35. The Balaban J connectivity index is 2.12. The SMILES string of the molecule is CC[C@@H](C(=O)NC)N(Cc1ccccc1Cl)C(=O)CN(c1cccc(Cl)c1Cl)S(=O)(=O)c1ccc(C)cc1. The zero-order chi connectivity index (χ0) is 28.0. The van der Waals surface area contributed by atoms with E-state index in [2.05, 4.69) is 5.32 Å². The van der Waals surface area contributed by atoms with Crippen LogP contribution in [-0.4, -0.2) is 44.8 Å². The van der Waals surface area contributed by atoms with Crippen molar-refractivity contribution < 1.29 is 18.0 Å². The number of nitrogens with one attached hydrogen (secondary N) is 1. The number of likely N-dealkylation sites (N-methyl/N-ethyl adjacent to an activating group) is 1. The van der Waals surface area contributed by atoms with Gasteiger partial charge in [-0.15, -0.1) is 0 Å². The summed E-state index contributed by atoms with van der Waals surface area (Å²) in [5, 5.41) is 3.10. The number of amides is 2. The normalized spacial score (nSPS) is 12.1. The van der Waals surface area contributed by atoms with Crippen molar-refractivity contribution in [3.63, 3.8) is 0 Å². The number of rotatable bonds is 10. The highest BCUT2D eigenvalue weighted by atomic mass is 35.5. The van der Waals surface area contributed by atoms with Crippen LogP contribution in [0.1, 0.15) is 24.5 Å². The number of aryl methyl sites for hydroxylation is 1. The number of anilines is 1. The molecule has 38 heavy (non-hydrogen) atoms. The van der Waals surface area contributed by atoms with Crippen molar-refractivity contribution in [3.05, 3.63) is 92.9 Å². The van der Waals surface area contributed by atoms with E-state index < -0.39 is 28.5 Å². The van der Waals surface area contributed by atoms with Crippen LogP contribution in [-0.2, 0) is 26.2 Å². The first-order chi connectivity index (χ1) is 18.0. The zero-order valence-corrected chi connectivity index (χ0v) is 24.2. The standard InChI is InChI=1S/C27H28Cl3N3O4S/c1-4-23(27(35)31-3)32(16-19-8-5-6-9-21(19)28)25(34)17-33(24-11-7-10-22(29)26(24)30)38(36,37)20-14-12-18(2)13-15-20/h5-15,23H,4,16-17H2,1-3H3,(H,31,35)/t23-/m0/s1. The second-order valence-electron chi connectivity index (χ2n) is 8.55. The summed E-state index contributed by atoms with van der Waals surface area (Å²) in [5.74, 6) is -1.01. The van der Waals surface area contributed by atoms with Gasteiger partial charge in [0.15, 0.2) is 0 Å². The van der Waals surface area contributed by atoms with Crippen molar-refractivity contribution in [2.45, 2.75) is 37.8 Å². The molecule has 0 heterocycles. The molecule has 0 unspecified atom stereocenters. The van der Waals surface area contributed by atoms with Gasteiger partial charge in [-0.3, -0.25) is 13.9 Å². The Morgan fingerprint density at radius 2 is 1.55 bits per heavy atom. The molecule has 1 atom stereocenters. The van der Waals surface area contributed by atoms with Gasteiger partial charge in [0.2, 0.25) is 11.8 Å². The smallest absolute Gasteiger partial charge is 0.264 e. The lowest BCUT2D eigenvalue weighted by atomic mass is 10.1. The van der Waals surface area contributed by atoms with E-state index in [1.807, 2.05) is 6.92 Å². The number of nitrogens with zero attached hydrogens (tertiary/aromatic N) is 2. The highest BCUT2D eigenvalue weighted by molar-refractivity contribution is 7.92. The summed E-state index contributed by atoms with van der Waals surface area (Å²) in [4.78, 5) is 28.0. The molecule has 11 heteroatoms. The van der Waals surface area contributed by atoms with E-state index in [1.165, 1.54) is 36.2 Å². The first-order valence-electron chi connectivity index (χ1n) is 11.8. The summed E-state index contributed by atoms with van der Waals surface area (Å²) >= 11 is 19.0. The third-order valence-corrected chi connectivity index (χ3v) is 8.97. The maximum absolute atomic E-state index is 13.9. The van der Waals surface area contributed by atoms with Crippen molar-refractivity contribution in [2.24, 2.45) is 0 Å². The second-order valence-corrected chi connectivity index (χ2v) is 11.6. The predicted molar refractivity (Wildman–Crippen MR) is 152 cm³/mol. The van der Waals surface area contributed by atoms with Crippen LogP contribution in [0.25, 0.3) is 0 Å². The Morgan fingerprint density at radius 3 is 2.16 bits per heavy atom. The van der Waals surface area contributed by atoms with Crippen molar-refractivity contribution in [3.8, 4) is 0 Å². The minimum absolute atomic E-state index is 0.00781. The van der Waals surface area contributed by atoms with Crippen LogP contribution in [0.3, 0.4) is 0 Å². The summed E-state index contributed by atoms with van der Waals surface area (Å²) in [6.07, 6.45) is 0.290. The average Bonchev–Trinajstić information content (AvgIpc) is 2.89. The number of hydrogen-bond donors (Lipinski definition) is 1. The summed E-state index contributed by atoms with van der Waals surface area (Å²) in [6.45, 7) is 2.96. The summed E-state index contributed by atoms with van der Waals surface area (Å²) < 4.78 is 28.6. The van der Waals surface area contributed by atoms with Gasteiger partial charge in [-0.1, -0.05) is 83.7 Å². The number of carbonyl (C=O) groups excluding carboxylic acids is 2. The number of hydrogen-bond acceptors (Lipinski definition) is 4. The Kier molecular flexibility index (Phi) is 10.1. The van der Waals surface area contributed by atoms with Crippen LogP contribution in [0.5, 0.6) is 0 Å². The maximum Gasteiger partial charge on any atom is 0.264 e. The Morgan fingerprint density at radius 1 is 0.921 bits per heavy atom. The molecule has 0 saturated heterocycles. The fourth-order valence-electron chi connectivity index (χ4n) is 3.93. The molecule has 0 saturated carbocycles. The van der Waals surface area contributed by atoms with E-state index in [0.717, 1.165) is 9.87 Å². The van der Waals surface area contributed by atoms with Crippen molar-refractivity contribution >= 4 is 62.3 Å². The second kappa shape index (κ2) is 12.8. The van der Waals surface area contributed by atoms with E-state index in [-0.39, 0.29) is 33.1 Å². The molecule has 7 nitrogen and oxygen atoms in total. The van der Waals surface area contributed by atoms with E-state index in [0.29, 0.717) is 17.0 Å². The largest absolute Gasteiger partial charge is 0.357 e. The zero-order valence-electron chi connectivity index (χ0n) is 21.1. The molecule has 2 amide bonds. The van der Waals surface area contributed by atoms with Gasteiger partial charge in [0, 0.05) is 18.6 Å². The Labute approximate surface area is 238 Å². The topological polar surface area (TPSA) is 86.8 Å². The lowest BCUT2D eigenvalue weighted by Crippen LogP contribution is -2.51. The van der Waals surface area contributed by atoms with Crippen LogP contribution in [0.2, 0.25) is 15.1 Å². The lowest BCUT2D eigenvalue weighted by Gasteiger charge is -2.33. The van der Waals surface area contributed by atoms with Gasteiger partial charge in [0.1, 0.15) is 12.6 Å². The van der Waals surface area contributed by atoms with E-state index in [9.17, 15) is 18.0 Å². The molecule has 3 aromatic rings. The molecular weight excluding hydrogens is 569 g/mol. The number of halogens is 3. The maximum atomic E-state index is 13.9. The molecule has 0 aliphatic heterocycles. The molecule has 0 aliphatic rings. The lowest BCUT2D eigenvalue weighted by molar-refractivity contribution is -0.140. The van der Waals surface area contributed by atoms with Crippen LogP contribution < -0.4 is 9.62 Å². The van der Waals surface area contributed by atoms with Gasteiger partial charge >= 0.3 is 0 Å². The summed E-state index contributed by atoms with van der Waals surface area (Å²) in [7, 11) is -2.79. The van der Waals surface area contributed by atoms with E-state index in [1.54, 1.807) is 49.4 Å². The van der Waals surface area contributed by atoms with Crippen LogP contribution >= 0.6 is 34.8 Å². The van der Waals surface area contributed by atoms with Crippen LogP contribution in [0.15, 0.2) is 71.6 Å². The third-order valence-electron chi connectivity index (χ3n) is 6.02. The van der Waals surface area contributed by atoms with Crippen LogP contribution in [0.4, 0.5) is 5.69 Å². The van der Waals surface area contributed by atoms with Gasteiger partial charge < -0.3 is 10.2 Å². The van der Waals surface area contributed by atoms with Gasteiger partial charge in [0.25, 0.3) is 10.0 Å². The number of carbonyl (C=O) groups is 2. The quantitative estimate of drug-likeness (QED) is 0.325. The Hall–Kier alpha value is -2.78. The van der Waals surface area contributed by atoms with E-state index in [4.69, 9.17) is 34.8 Å². The minimum atomic E-state index is -4.26. The monoisotopic (exact) mass is 595 g/mol. The summed E-state index contributed by atoms with van der Waals surface area (Å²) in [6, 6.07) is 16.9. The number of sulfonamides is 1. The molecule has 0 fully saturated rings. The molecular formula is C27H28Cl3N3O4S. The molecule has 0 aliphatic carbocycles. The van der Waals surface area contributed by atoms with Crippen molar-refractivity contribution in [1.82, 2.24) is 10.2 Å². The van der Waals surface area contributed by atoms with Gasteiger partial charge in [-0.25, -0.2) is 8.42 Å². The first-order valence-corrected chi connectivity index (χ1v) is 14.4. The Bertz CT molecular complexity index is 1420. The van der Waals surface area contributed by atoms with Crippen LogP contribution in [0, 0.1) is 6.92 Å². The molecule has 0 bridgehead atoms. The first kappa shape index (κ1) is 29.8. The van der Waals surface area contributed by atoms with Gasteiger partial charge in [-0.05, 0) is 49.2 Å². The molecule has 0 spiro atoms. The molecule has 1 N–H and O–H groups in total. The molecule has 0 radical (unpaired) electrons. The average molecular weight is 597 g/mol. The predicted octanol–water partition coefficient (Wildman–Crippen LogP) is 5.70. The number of benzene rings is 3. The molecule has 0 aromatic heterocycles. The minimum Gasteiger partial charge on any atom is -0.357 e. The fraction of sp³-hybridized carbons (Fsp3) is 0.259. The molecule has 3 aromatic carbocycles. The molecule has 3 rings (SSSR count). The third kappa shape index (κ3) is 6.61. The molecule has 202 valence electrons.